The van der Waals surface area contributed by atoms with E-state index in [9.17, 15) is 4.79 Å². The normalized spacial score (nSPS) is 10.4. The zero-order valence-electron chi connectivity index (χ0n) is 12.2. The van der Waals surface area contributed by atoms with Crippen LogP contribution in [0.1, 0.15) is 6.92 Å². The van der Waals surface area contributed by atoms with E-state index in [4.69, 9.17) is 4.74 Å². The van der Waals surface area contributed by atoms with Crippen molar-refractivity contribution in [1.29, 1.82) is 0 Å². The fourth-order valence-electron chi connectivity index (χ4n) is 1.84. The quantitative estimate of drug-likeness (QED) is 0.602. The molecule has 7 heteroatoms. The Balaban J connectivity index is 2.28. The number of hydrogen-bond donors (Lipinski definition) is 0. The third-order valence-corrected chi connectivity index (χ3v) is 3.85. The van der Waals surface area contributed by atoms with Gasteiger partial charge in [0.25, 0.3) is 0 Å². The van der Waals surface area contributed by atoms with Gasteiger partial charge in [-0.2, -0.15) is 0 Å². The van der Waals surface area contributed by atoms with Crippen LogP contribution in [0.4, 0.5) is 0 Å². The number of hydrogen-bond acceptors (Lipinski definition) is 6. The molecule has 0 N–H and O–H groups in total. The first-order valence-electron chi connectivity index (χ1n) is 6.46. The molecule has 0 unspecified atom stereocenters. The Morgan fingerprint density at radius 2 is 2.14 bits per heavy atom. The van der Waals surface area contributed by atoms with E-state index in [0.29, 0.717) is 11.7 Å². The molecule has 0 amide bonds. The summed E-state index contributed by atoms with van der Waals surface area (Å²) in [5.41, 5.74) is 0.925. The molecule has 0 fully saturated rings. The van der Waals surface area contributed by atoms with Crippen molar-refractivity contribution < 1.29 is 14.3 Å². The number of nitrogens with zero attached hydrogens (tertiary/aromatic N) is 3. The average Bonchev–Trinajstić information content (AvgIpc) is 2.95. The molecule has 1 aromatic heterocycles. The van der Waals surface area contributed by atoms with Crippen LogP contribution in [0.5, 0.6) is 5.75 Å². The molecular weight excluding hydrogens is 290 g/mol. The Morgan fingerprint density at radius 1 is 1.33 bits per heavy atom. The van der Waals surface area contributed by atoms with Crippen LogP contribution in [0.15, 0.2) is 29.4 Å². The van der Waals surface area contributed by atoms with Gasteiger partial charge >= 0.3 is 5.97 Å². The molecule has 0 atom stereocenters. The molecule has 0 saturated heterocycles. The van der Waals surface area contributed by atoms with Gasteiger partial charge in [-0.15, -0.1) is 10.2 Å². The Morgan fingerprint density at radius 3 is 2.81 bits per heavy atom. The second-order valence-corrected chi connectivity index (χ2v) is 5.09. The van der Waals surface area contributed by atoms with Crippen LogP contribution in [0.25, 0.3) is 11.4 Å². The van der Waals surface area contributed by atoms with Crippen LogP contribution < -0.4 is 4.74 Å². The lowest BCUT2D eigenvalue weighted by atomic mass is 10.2. The summed E-state index contributed by atoms with van der Waals surface area (Å²) in [5, 5.41) is 9.07. The highest BCUT2D eigenvalue weighted by atomic mass is 32.2. The minimum atomic E-state index is -0.284. The highest BCUT2D eigenvalue weighted by molar-refractivity contribution is 7.99. The summed E-state index contributed by atoms with van der Waals surface area (Å²) in [6.07, 6.45) is 0. The van der Waals surface area contributed by atoms with Gasteiger partial charge in [0.05, 0.1) is 20.0 Å². The molecule has 0 aliphatic heterocycles. The first-order chi connectivity index (χ1) is 10.2. The largest absolute Gasteiger partial charge is 0.497 e. The van der Waals surface area contributed by atoms with E-state index in [1.165, 1.54) is 18.9 Å². The van der Waals surface area contributed by atoms with Gasteiger partial charge in [0.15, 0.2) is 11.0 Å². The van der Waals surface area contributed by atoms with E-state index in [-0.39, 0.29) is 11.7 Å². The first kappa shape index (κ1) is 15.4. The monoisotopic (exact) mass is 307 g/mol. The minimum Gasteiger partial charge on any atom is -0.497 e. The summed E-state index contributed by atoms with van der Waals surface area (Å²) >= 11 is 1.31. The summed E-state index contributed by atoms with van der Waals surface area (Å²) in [7, 11) is 3.00. The van der Waals surface area contributed by atoms with Gasteiger partial charge in [-0.25, -0.2) is 0 Å². The van der Waals surface area contributed by atoms with Crippen molar-refractivity contribution in [2.75, 3.05) is 20.0 Å². The van der Waals surface area contributed by atoms with Crippen LogP contribution in [-0.4, -0.2) is 40.7 Å². The molecule has 1 heterocycles. The van der Waals surface area contributed by atoms with E-state index >= 15 is 0 Å². The lowest BCUT2D eigenvalue weighted by molar-refractivity contribution is -0.137. The van der Waals surface area contributed by atoms with E-state index in [2.05, 4.69) is 14.9 Å². The molecule has 0 radical (unpaired) electrons. The number of carbonyl (C=O) groups excluding carboxylic acids is 1. The van der Waals surface area contributed by atoms with Crippen LogP contribution in [0.2, 0.25) is 0 Å². The number of aromatic nitrogens is 3. The highest BCUT2D eigenvalue weighted by Gasteiger charge is 2.15. The molecule has 0 spiro atoms. The van der Waals surface area contributed by atoms with Gasteiger partial charge in [-0.3, -0.25) is 4.79 Å². The molecule has 6 nitrogen and oxygen atoms in total. The van der Waals surface area contributed by atoms with Crippen molar-refractivity contribution >= 4 is 17.7 Å². The topological polar surface area (TPSA) is 66.2 Å². The number of esters is 1. The Labute approximate surface area is 127 Å². The van der Waals surface area contributed by atoms with Crippen molar-refractivity contribution in [2.24, 2.45) is 0 Å². The molecule has 0 saturated carbocycles. The van der Waals surface area contributed by atoms with Crippen LogP contribution in [-0.2, 0) is 16.1 Å². The predicted octanol–water partition coefficient (Wildman–Crippen LogP) is 2.24. The van der Waals surface area contributed by atoms with E-state index < -0.39 is 0 Å². The molecule has 112 valence electrons. The van der Waals surface area contributed by atoms with E-state index in [1.54, 1.807) is 7.11 Å². The second-order valence-electron chi connectivity index (χ2n) is 4.15. The number of methoxy groups -OCH3 is 2. The maximum absolute atomic E-state index is 11.2. The van der Waals surface area contributed by atoms with Crippen LogP contribution in [0, 0.1) is 0 Å². The number of thioether (sulfide) groups is 1. The standard InChI is InChI=1S/C14H17N3O3S/c1-4-17-13(10-6-5-7-11(8-10)19-2)15-16-14(17)21-9-12(18)20-3/h5-8H,4,9H2,1-3H3. The Bertz CT molecular complexity index is 628. The van der Waals surface area contributed by atoms with Crippen LogP contribution in [0.3, 0.4) is 0 Å². The summed E-state index contributed by atoms with van der Waals surface area (Å²) < 4.78 is 11.8. The molecule has 0 aliphatic rings. The van der Waals surface area contributed by atoms with Crippen molar-refractivity contribution in [1.82, 2.24) is 14.8 Å². The lowest BCUT2D eigenvalue weighted by Crippen LogP contribution is -2.05. The summed E-state index contributed by atoms with van der Waals surface area (Å²) in [6, 6.07) is 7.64. The number of carbonyl (C=O) groups is 1. The third kappa shape index (κ3) is 3.55. The van der Waals surface area contributed by atoms with Crippen molar-refractivity contribution in [2.45, 2.75) is 18.6 Å². The number of benzene rings is 1. The number of rotatable bonds is 6. The number of ether oxygens (including phenoxy) is 2. The summed E-state index contributed by atoms with van der Waals surface area (Å²) in [6.45, 7) is 2.72. The van der Waals surface area contributed by atoms with Gasteiger partial charge in [0.2, 0.25) is 0 Å². The zero-order chi connectivity index (χ0) is 15.2. The smallest absolute Gasteiger partial charge is 0.316 e. The van der Waals surface area contributed by atoms with E-state index in [1.807, 2.05) is 35.8 Å². The molecule has 2 aromatic rings. The predicted molar refractivity (Wildman–Crippen MR) is 80.4 cm³/mol. The average molecular weight is 307 g/mol. The van der Waals surface area contributed by atoms with Gasteiger partial charge in [-0.1, -0.05) is 23.9 Å². The summed E-state index contributed by atoms with van der Waals surface area (Å²) in [4.78, 5) is 11.2. The first-order valence-corrected chi connectivity index (χ1v) is 7.45. The summed E-state index contributed by atoms with van der Waals surface area (Å²) in [5.74, 6) is 1.45. The fourth-order valence-corrected chi connectivity index (χ4v) is 2.67. The SMILES string of the molecule is CCn1c(SCC(=O)OC)nnc1-c1cccc(OC)c1. The van der Waals surface area contributed by atoms with Crippen molar-refractivity contribution in [3.63, 3.8) is 0 Å². The minimum absolute atomic E-state index is 0.215. The van der Waals surface area contributed by atoms with Crippen LogP contribution >= 0.6 is 11.8 Å². The highest BCUT2D eigenvalue weighted by Crippen LogP contribution is 2.26. The molecule has 0 bridgehead atoms. The van der Waals surface area contributed by atoms with Crippen molar-refractivity contribution in [3.8, 4) is 17.1 Å². The maximum atomic E-state index is 11.2. The van der Waals surface area contributed by atoms with Gasteiger partial charge < -0.3 is 14.0 Å². The zero-order valence-corrected chi connectivity index (χ0v) is 13.0. The Hall–Kier alpha value is -2.02. The fraction of sp³-hybridized carbons (Fsp3) is 0.357. The van der Waals surface area contributed by atoms with Crippen molar-refractivity contribution in [3.05, 3.63) is 24.3 Å². The maximum Gasteiger partial charge on any atom is 0.316 e. The van der Waals surface area contributed by atoms with Gasteiger partial charge in [-0.05, 0) is 19.1 Å². The lowest BCUT2D eigenvalue weighted by Gasteiger charge is -2.08. The molecule has 1 aromatic carbocycles. The van der Waals surface area contributed by atoms with Gasteiger partial charge in [0.1, 0.15) is 5.75 Å². The molecule has 21 heavy (non-hydrogen) atoms. The molecular formula is C14H17N3O3S. The third-order valence-electron chi connectivity index (χ3n) is 2.91. The Kier molecular flexibility index (Phi) is 5.21. The second kappa shape index (κ2) is 7.12. The molecule has 2 rings (SSSR count). The van der Waals surface area contributed by atoms with Gasteiger partial charge in [0, 0.05) is 12.1 Å². The van der Waals surface area contributed by atoms with E-state index in [0.717, 1.165) is 17.1 Å². The molecule has 0 aliphatic carbocycles.